The van der Waals surface area contributed by atoms with Crippen molar-refractivity contribution < 1.29 is 9.90 Å². The van der Waals surface area contributed by atoms with E-state index >= 15 is 0 Å². The van der Waals surface area contributed by atoms with Crippen molar-refractivity contribution >= 4 is 5.78 Å². The third kappa shape index (κ3) is 3.79. The lowest BCUT2D eigenvalue weighted by Crippen LogP contribution is -2.37. The van der Waals surface area contributed by atoms with Crippen molar-refractivity contribution in [2.24, 2.45) is 5.92 Å². The van der Waals surface area contributed by atoms with Gasteiger partial charge in [-0.05, 0) is 45.1 Å². The fourth-order valence-electron chi connectivity index (χ4n) is 3.51. The zero-order valence-corrected chi connectivity index (χ0v) is 11.4. The van der Waals surface area contributed by atoms with E-state index in [1.165, 1.54) is 32.1 Å². The molecule has 2 fully saturated rings. The Labute approximate surface area is 111 Å². The van der Waals surface area contributed by atoms with E-state index in [0.717, 1.165) is 32.2 Å². The molecule has 18 heavy (non-hydrogen) atoms. The molecule has 104 valence electrons. The Hall–Kier alpha value is -0.410. The van der Waals surface area contributed by atoms with Crippen LogP contribution in [0.25, 0.3) is 0 Å². The maximum absolute atomic E-state index is 12.3. The second kappa shape index (κ2) is 7.25. The molecule has 3 heteroatoms. The van der Waals surface area contributed by atoms with Gasteiger partial charge in [-0.3, -0.25) is 9.69 Å². The smallest absolute Gasteiger partial charge is 0.149 e. The lowest BCUT2D eigenvalue weighted by atomic mass is 9.86. The molecular weight excluding hydrogens is 226 g/mol. The summed E-state index contributed by atoms with van der Waals surface area (Å²) in [4.78, 5) is 14.7. The van der Waals surface area contributed by atoms with Crippen LogP contribution in [0.15, 0.2) is 0 Å². The Balaban J connectivity index is 1.78. The van der Waals surface area contributed by atoms with E-state index in [-0.39, 0.29) is 6.61 Å². The van der Waals surface area contributed by atoms with Gasteiger partial charge in [0.1, 0.15) is 5.78 Å². The number of carbonyl (C=O) groups is 1. The Bertz CT molecular complexity index is 261. The van der Waals surface area contributed by atoms with Crippen molar-refractivity contribution in [1.82, 2.24) is 4.90 Å². The van der Waals surface area contributed by atoms with Crippen LogP contribution in [0, 0.1) is 5.92 Å². The largest absolute Gasteiger partial charge is 0.396 e. The van der Waals surface area contributed by atoms with E-state index in [9.17, 15) is 4.79 Å². The normalized spacial score (nSPS) is 26.6. The van der Waals surface area contributed by atoms with Gasteiger partial charge in [-0.15, -0.1) is 0 Å². The van der Waals surface area contributed by atoms with Crippen molar-refractivity contribution in [2.45, 2.75) is 63.8 Å². The van der Waals surface area contributed by atoms with E-state index in [4.69, 9.17) is 5.11 Å². The van der Waals surface area contributed by atoms with Gasteiger partial charge in [0.25, 0.3) is 0 Å². The highest BCUT2D eigenvalue weighted by molar-refractivity contribution is 5.83. The molecule has 1 saturated carbocycles. The fourth-order valence-corrected chi connectivity index (χ4v) is 3.51. The summed E-state index contributed by atoms with van der Waals surface area (Å²) in [5, 5.41) is 8.91. The SMILES string of the molecule is O=C(CN1CCCC1CCCO)C1CCCCC1. The van der Waals surface area contributed by atoms with E-state index in [1.54, 1.807) is 0 Å². The van der Waals surface area contributed by atoms with Gasteiger partial charge >= 0.3 is 0 Å². The van der Waals surface area contributed by atoms with Crippen LogP contribution in [0.3, 0.4) is 0 Å². The molecule has 1 N–H and O–H groups in total. The molecule has 1 aliphatic heterocycles. The molecule has 2 aliphatic rings. The summed E-state index contributed by atoms with van der Waals surface area (Å²) in [6.07, 6.45) is 10.4. The predicted octanol–water partition coefficient (Wildman–Crippen LogP) is 2.37. The molecule has 1 atom stereocenters. The van der Waals surface area contributed by atoms with Crippen LogP contribution in [-0.2, 0) is 4.79 Å². The Kier molecular flexibility index (Phi) is 5.64. The van der Waals surface area contributed by atoms with Crippen molar-refractivity contribution in [3.05, 3.63) is 0 Å². The van der Waals surface area contributed by atoms with Gasteiger partial charge in [-0.2, -0.15) is 0 Å². The molecule has 0 bridgehead atoms. The zero-order chi connectivity index (χ0) is 12.8. The standard InChI is InChI=1S/C15H27NO2/c17-11-5-9-14-8-4-10-16(14)12-15(18)13-6-2-1-3-7-13/h13-14,17H,1-12H2. The molecule has 1 heterocycles. The highest BCUT2D eigenvalue weighted by Gasteiger charge is 2.28. The maximum atomic E-state index is 12.3. The van der Waals surface area contributed by atoms with Crippen LogP contribution in [0.4, 0.5) is 0 Å². The summed E-state index contributed by atoms with van der Waals surface area (Å²) in [5.41, 5.74) is 0. The number of carbonyl (C=O) groups excluding carboxylic acids is 1. The van der Waals surface area contributed by atoms with Gasteiger partial charge in [0.05, 0.1) is 6.54 Å². The monoisotopic (exact) mass is 253 g/mol. The molecular formula is C15H27NO2. The summed E-state index contributed by atoms with van der Waals surface area (Å²) in [5.74, 6) is 0.823. The van der Waals surface area contributed by atoms with Gasteiger partial charge < -0.3 is 5.11 Å². The second-order valence-electron chi connectivity index (χ2n) is 5.93. The molecule has 0 aromatic heterocycles. The number of rotatable bonds is 6. The summed E-state index contributed by atoms with van der Waals surface area (Å²) in [6.45, 7) is 2.02. The summed E-state index contributed by atoms with van der Waals surface area (Å²) >= 11 is 0. The van der Waals surface area contributed by atoms with Crippen LogP contribution in [0.2, 0.25) is 0 Å². The minimum absolute atomic E-state index is 0.279. The molecule has 2 rings (SSSR count). The summed E-state index contributed by atoms with van der Waals surface area (Å²) in [7, 11) is 0. The van der Waals surface area contributed by atoms with Crippen LogP contribution in [0.1, 0.15) is 57.8 Å². The highest BCUT2D eigenvalue weighted by Crippen LogP contribution is 2.26. The predicted molar refractivity (Wildman–Crippen MR) is 72.5 cm³/mol. The first-order valence-electron chi connectivity index (χ1n) is 7.69. The van der Waals surface area contributed by atoms with Crippen LogP contribution >= 0.6 is 0 Å². The molecule has 0 radical (unpaired) electrons. The van der Waals surface area contributed by atoms with Crippen molar-refractivity contribution in [3.63, 3.8) is 0 Å². The lowest BCUT2D eigenvalue weighted by molar-refractivity contribution is -0.125. The number of aliphatic hydroxyl groups is 1. The van der Waals surface area contributed by atoms with E-state index < -0.39 is 0 Å². The molecule has 0 aromatic carbocycles. The van der Waals surface area contributed by atoms with Crippen molar-refractivity contribution in [2.75, 3.05) is 19.7 Å². The Morgan fingerprint density at radius 3 is 2.61 bits per heavy atom. The third-order valence-electron chi connectivity index (χ3n) is 4.61. The van der Waals surface area contributed by atoms with Gasteiger partial charge in [0, 0.05) is 18.6 Å². The van der Waals surface area contributed by atoms with Crippen molar-refractivity contribution in [1.29, 1.82) is 0 Å². The summed E-state index contributed by atoms with van der Waals surface area (Å²) in [6, 6.07) is 0.546. The number of Topliss-reactive ketones (excluding diaryl/α,β-unsaturated/α-hetero) is 1. The van der Waals surface area contributed by atoms with E-state index in [2.05, 4.69) is 4.90 Å². The lowest BCUT2D eigenvalue weighted by Gasteiger charge is -2.27. The average Bonchev–Trinajstić information content (AvgIpc) is 2.84. The number of nitrogens with zero attached hydrogens (tertiary/aromatic N) is 1. The topological polar surface area (TPSA) is 40.5 Å². The molecule has 3 nitrogen and oxygen atoms in total. The van der Waals surface area contributed by atoms with Crippen molar-refractivity contribution in [3.8, 4) is 0 Å². The molecule has 1 aliphatic carbocycles. The highest BCUT2D eigenvalue weighted by atomic mass is 16.2. The first-order valence-corrected chi connectivity index (χ1v) is 7.69. The van der Waals surface area contributed by atoms with Crippen LogP contribution in [0.5, 0.6) is 0 Å². The maximum Gasteiger partial charge on any atom is 0.149 e. The zero-order valence-electron chi connectivity index (χ0n) is 11.4. The van der Waals surface area contributed by atoms with Crippen LogP contribution in [-0.4, -0.2) is 41.5 Å². The van der Waals surface area contributed by atoms with Gasteiger partial charge in [0.15, 0.2) is 0 Å². The molecule has 1 unspecified atom stereocenters. The minimum Gasteiger partial charge on any atom is -0.396 e. The Morgan fingerprint density at radius 1 is 1.11 bits per heavy atom. The molecule has 0 spiro atoms. The number of ketones is 1. The number of hydrogen-bond acceptors (Lipinski definition) is 3. The summed E-state index contributed by atoms with van der Waals surface area (Å²) < 4.78 is 0. The molecule has 1 saturated heterocycles. The first kappa shape index (κ1) is 14.0. The van der Waals surface area contributed by atoms with E-state index in [0.29, 0.717) is 24.3 Å². The van der Waals surface area contributed by atoms with Gasteiger partial charge in [-0.25, -0.2) is 0 Å². The van der Waals surface area contributed by atoms with Crippen LogP contribution < -0.4 is 0 Å². The van der Waals surface area contributed by atoms with Gasteiger partial charge in [-0.1, -0.05) is 19.3 Å². The average molecular weight is 253 g/mol. The number of hydrogen-bond donors (Lipinski definition) is 1. The Morgan fingerprint density at radius 2 is 1.89 bits per heavy atom. The quantitative estimate of drug-likeness (QED) is 0.790. The third-order valence-corrected chi connectivity index (χ3v) is 4.61. The van der Waals surface area contributed by atoms with Gasteiger partial charge in [0.2, 0.25) is 0 Å². The molecule has 0 aromatic rings. The first-order chi connectivity index (χ1) is 8.81. The molecule has 0 amide bonds. The number of likely N-dealkylation sites (tertiary alicyclic amines) is 1. The van der Waals surface area contributed by atoms with E-state index in [1.807, 2.05) is 0 Å². The number of aliphatic hydroxyl groups excluding tert-OH is 1. The minimum atomic E-state index is 0.279. The fraction of sp³-hybridized carbons (Fsp3) is 0.933. The second-order valence-corrected chi connectivity index (χ2v) is 5.93.